The number of aromatic nitrogens is 2. The molecule has 6 rings (SSSR count). The van der Waals surface area contributed by atoms with Crippen molar-refractivity contribution in [3.8, 4) is 0 Å². The molecule has 2 aromatic carbocycles. The number of morpholine rings is 1. The van der Waals surface area contributed by atoms with Gasteiger partial charge in [-0.1, -0.05) is 12.5 Å². The molecule has 2 saturated heterocycles. The highest BCUT2D eigenvalue weighted by Gasteiger charge is 2.28. The molecule has 0 radical (unpaired) electrons. The molecule has 2 aliphatic heterocycles. The normalized spacial score (nSPS) is 15.9. The Morgan fingerprint density at radius 1 is 0.883 bits per heavy atom. The number of amides is 4. The molecule has 0 bridgehead atoms. The summed E-state index contributed by atoms with van der Waals surface area (Å²) in [5, 5.41) is 8.94. The number of rotatable bonds is 15. The number of benzene rings is 2. The number of nitrogens with one attached hydrogen (secondary N) is 6. The van der Waals surface area contributed by atoms with Crippen molar-refractivity contribution in [2.24, 2.45) is 0 Å². The number of hydrogen-bond acceptors (Lipinski definition) is 11. The standard InChI is InChI=1S/C42H52N10O7S/c1-30-12-17-36(60(57,58)49-34-15-13-33(14-16-34)47-48-41(55)40(54)44-19-8-21-50-23-25-59-26-24-50)31(2)39(30)46-38(53)29-51-20-7-9-32(28-51)42(56)52-22-5-3-4-11-37(52)45-35-10-6-18-43-27-35/h6-7,9-10,12-18,20,27-28,37,45H,3-5,8,11,19,21-26,29H2,1-2H3,(H4-,44,46,47,48,49,53,54,55)/p+1. The van der Waals surface area contributed by atoms with Gasteiger partial charge in [0.1, 0.15) is 11.7 Å². The third kappa shape index (κ3) is 12.0. The predicted octanol–water partition coefficient (Wildman–Crippen LogP) is 3.16. The molecule has 4 heterocycles. The molecule has 0 spiro atoms. The van der Waals surface area contributed by atoms with Crippen LogP contribution in [0.25, 0.3) is 0 Å². The minimum atomic E-state index is -4.11. The molecule has 2 aliphatic rings. The van der Waals surface area contributed by atoms with Crippen LogP contribution in [0.15, 0.2) is 90.3 Å². The van der Waals surface area contributed by atoms with Gasteiger partial charge in [-0.25, -0.2) is 8.42 Å². The van der Waals surface area contributed by atoms with Crippen LogP contribution in [0.3, 0.4) is 0 Å². The number of pyridine rings is 2. The molecular weight excluding hydrogens is 789 g/mol. The van der Waals surface area contributed by atoms with Gasteiger partial charge in [0, 0.05) is 56.0 Å². The Morgan fingerprint density at radius 3 is 2.43 bits per heavy atom. The number of carbonyl (C=O) groups is 4. The van der Waals surface area contributed by atoms with Crippen LogP contribution in [0, 0.1) is 13.8 Å². The number of anilines is 4. The lowest BCUT2D eigenvalue weighted by atomic mass is 10.1. The summed E-state index contributed by atoms with van der Waals surface area (Å²) in [5.74, 6) is -2.18. The van der Waals surface area contributed by atoms with Gasteiger partial charge in [0.25, 0.3) is 21.8 Å². The van der Waals surface area contributed by atoms with Crippen molar-refractivity contribution in [1.82, 2.24) is 25.5 Å². The lowest BCUT2D eigenvalue weighted by Gasteiger charge is -2.31. The minimum Gasteiger partial charge on any atom is -0.379 e. The molecule has 1 unspecified atom stereocenters. The zero-order valence-electron chi connectivity index (χ0n) is 33.9. The number of aryl methyl sites for hydroxylation is 1. The maximum atomic E-state index is 13.9. The highest BCUT2D eigenvalue weighted by atomic mass is 32.2. The second-order valence-electron chi connectivity index (χ2n) is 14.8. The molecule has 18 heteroatoms. The molecule has 6 N–H and O–H groups in total. The summed E-state index contributed by atoms with van der Waals surface area (Å²) < 4.78 is 36.8. The number of nitrogens with zero attached hydrogens (tertiary/aromatic N) is 4. The summed E-state index contributed by atoms with van der Waals surface area (Å²) in [6, 6.07) is 16.4. The monoisotopic (exact) mass is 841 g/mol. The van der Waals surface area contributed by atoms with Gasteiger partial charge in [-0.05, 0) is 106 Å². The van der Waals surface area contributed by atoms with E-state index in [0.29, 0.717) is 60.8 Å². The van der Waals surface area contributed by atoms with Gasteiger partial charge in [-0.3, -0.25) is 44.6 Å². The van der Waals surface area contributed by atoms with Gasteiger partial charge >= 0.3 is 11.8 Å². The molecule has 4 amide bonds. The first kappa shape index (κ1) is 43.5. The number of hydrogen-bond donors (Lipinski definition) is 6. The van der Waals surface area contributed by atoms with Crippen LogP contribution in [0.1, 0.15) is 53.6 Å². The number of carbonyl (C=O) groups excluding carboxylic acids is 4. The third-order valence-electron chi connectivity index (χ3n) is 10.3. The van der Waals surface area contributed by atoms with E-state index in [0.717, 1.165) is 51.0 Å². The van der Waals surface area contributed by atoms with E-state index in [-0.39, 0.29) is 29.2 Å². The van der Waals surface area contributed by atoms with E-state index >= 15 is 0 Å². The van der Waals surface area contributed by atoms with Crippen molar-refractivity contribution >= 4 is 56.4 Å². The number of ether oxygens (including phenoxy) is 1. The maximum absolute atomic E-state index is 13.9. The fraction of sp³-hybridized carbons (Fsp3) is 0.381. The number of hydrazine groups is 1. The van der Waals surface area contributed by atoms with Crippen molar-refractivity contribution in [3.05, 3.63) is 102 Å². The topological polar surface area (TPSA) is 207 Å². The molecule has 2 fully saturated rings. The average molecular weight is 842 g/mol. The highest BCUT2D eigenvalue weighted by molar-refractivity contribution is 7.92. The van der Waals surface area contributed by atoms with Crippen molar-refractivity contribution in [2.45, 2.75) is 63.6 Å². The van der Waals surface area contributed by atoms with Crippen molar-refractivity contribution in [3.63, 3.8) is 0 Å². The quantitative estimate of drug-likeness (QED) is 0.0444. The first-order valence-corrected chi connectivity index (χ1v) is 21.6. The van der Waals surface area contributed by atoms with Gasteiger partial charge in [0.2, 0.25) is 6.54 Å². The second kappa shape index (κ2) is 20.7. The fourth-order valence-corrected chi connectivity index (χ4v) is 8.45. The van der Waals surface area contributed by atoms with E-state index in [1.165, 1.54) is 30.3 Å². The molecule has 2 aromatic heterocycles. The molecule has 4 aromatic rings. The Morgan fingerprint density at radius 2 is 1.67 bits per heavy atom. The van der Waals surface area contributed by atoms with Crippen LogP contribution in [-0.2, 0) is 35.7 Å². The fourth-order valence-electron chi connectivity index (χ4n) is 7.14. The van der Waals surface area contributed by atoms with E-state index < -0.39 is 27.7 Å². The first-order chi connectivity index (χ1) is 29.0. The van der Waals surface area contributed by atoms with Crippen LogP contribution >= 0.6 is 0 Å². The lowest BCUT2D eigenvalue weighted by molar-refractivity contribution is -0.684. The zero-order valence-corrected chi connectivity index (χ0v) is 34.7. The van der Waals surface area contributed by atoms with E-state index in [1.807, 2.05) is 17.0 Å². The van der Waals surface area contributed by atoms with Gasteiger partial charge in [0.15, 0.2) is 12.4 Å². The zero-order chi connectivity index (χ0) is 42.5. The van der Waals surface area contributed by atoms with Crippen molar-refractivity contribution in [1.29, 1.82) is 0 Å². The third-order valence-corrected chi connectivity index (χ3v) is 11.8. The SMILES string of the molecule is Cc1ccc(S(=O)(=O)Nc2ccc(NNC(=O)C(=O)NCCCN3CCOCC3)cc2)c(C)c1NC(=O)C[n+]1cccc(C(=O)N2CCCCCC2Nc2cccnc2)c1. The van der Waals surface area contributed by atoms with Gasteiger partial charge in [-0.2, -0.15) is 4.57 Å². The van der Waals surface area contributed by atoms with E-state index in [2.05, 4.69) is 41.4 Å². The van der Waals surface area contributed by atoms with Crippen LogP contribution < -0.4 is 36.1 Å². The molecule has 0 saturated carbocycles. The lowest BCUT2D eigenvalue weighted by Crippen LogP contribution is -2.46. The Bertz CT molecular complexity index is 2240. The summed E-state index contributed by atoms with van der Waals surface area (Å²) in [5.41, 5.74) is 8.32. The summed E-state index contributed by atoms with van der Waals surface area (Å²) in [6.07, 6.45) is 11.0. The molecule has 0 aliphatic carbocycles. The highest BCUT2D eigenvalue weighted by Crippen LogP contribution is 2.29. The second-order valence-corrected chi connectivity index (χ2v) is 16.4. The molecular formula is C42H53N10O7S+. The van der Waals surface area contributed by atoms with Gasteiger partial charge in [0.05, 0.1) is 29.5 Å². The Hall–Kier alpha value is -6.11. The summed E-state index contributed by atoms with van der Waals surface area (Å²) in [4.78, 5) is 60.0. The Kier molecular flexibility index (Phi) is 15.0. The summed E-state index contributed by atoms with van der Waals surface area (Å²) in [7, 11) is -4.11. The summed E-state index contributed by atoms with van der Waals surface area (Å²) in [6.45, 7) is 8.12. The van der Waals surface area contributed by atoms with Crippen molar-refractivity contribution in [2.75, 3.05) is 66.7 Å². The van der Waals surface area contributed by atoms with E-state index in [9.17, 15) is 27.6 Å². The number of likely N-dealkylation sites (tertiary alicyclic amines) is 1. The van der Waals surface area contributed by atoms with Crippen LogP contribution in [0.4, 0.5) is 22.7 Å². The van der Waals surface area contributed by atoms with Gasteiger partial charge < -0.3 is 25.6 Å². The molecule has 318 valence electrons. The van der Waals surface area contributed by atoms with Crippen LogP contribution in [-0.4, -0.2) is 98.9 Å². The average Bonchev–Trinajstić information content (AvgIpc) is 3.49. The molecule has 60 heavy (non-hydrogen) atoms. The predicted molar refractivity (Wildman–Crippen MR) is 226 cm³/mol. The first-order valence-electron chi connectivity index (χ1n) is 20.1. The molecule has 1 atom stereocenters. The minimum absolute atomic E-state index is 0.0269. The van der Waals surface area contributed by atoms with Crippen LogP contribution in [0.2, 0.25) is 0 Å². The van der Waals surface area contributed by atoms with Crippen LogP contribution in [0.5, 0.6) is 0 Å². The Labute approximate surface area is 350 Å². The van der Waals surface area contributed by atoms with E-state index in [4.69, 9.17) is 4.74 Å². The Balaban J connectivity index is 1.02. The largest absolute Gasteiger partial charge is 0.379 e. The van der Waals surface area contributed by atoms with E-state index in [1.54, 1.807) is 61.4 Å². The van der Waals surface area contributed by atoms with Gasteiger partial charge in [-0.15, -0.1) is 0 Å². The molecule has 17 nitrogen and oxygen atoms in total. The summed E-state index contributed by atoms with van der Waals surface area (Å²) >= 11 is 0. The number of sulfonamides is 1. The smallest absolute Gasteiger partial charge is 0.327 e. The van der Waals surface area contributed by atoms with Crippen molar-refractivity contribution < 1.29 is 36.9 Å². The maximum Gasteiger partial charge on any atom is 0.327 e.